The summed E-state index contributed by atoms with van der Waals surface area (Å²) in [6.07, 6.45) is 0.695. The molecular formula is C52H38N4. The zero-order valence-electron chi connectivity index (χ0n) is 30.8. The van der Waals surface area contributed by atoms with Crippen molar-refractivity contribution in [2.45, 2.75) is 11.8 Å². The van der Waals surface area contributed by atoms with Crippen LogP contribution in [0.5, 0.6) is 0 Å². The molecule has 56 heavy (non-hydrogen) atoms. The Morgan fingerprint density at radius 1 is 0.500 bits per heavy atom. The molecule has 0 bridgehead atoms. The molecule has 0 aliphatic heterocycles. The molecule has 9 rings (SSSR count). The molecule has 0 spiro atoms. The standard InChI is InChI=1S/C52H38N4/c1-53-50(40-31-33-41(34-32-40)51-54-47(38-21-9-3-10-22-38)36-48(55-51)39-23-11-4-12-24-39)56-49-44-29-17-18-30-45(44)52(42-25-13-5-14-26-42,43-27-15-6-16-28-43)46(49)35-37-19-7-2-8-20-37/h2-34,36H,1,35H2. The van der Waals surface area contributed by atoms with Crippen molar-refractivity contribution in [2.24, 2.45) is 9.98 Å². The molecule has 0 saturated heterocycles. The van der Waals surface area contributed by atoms with Gasteiger partial charge in [-0.25, -0.2) is 20.0 Å². The molecule has 4 heteroatoms. The van der Waals surface area contributed by atoms with Crippen LogP contribution in [0.3, 0.4) is 0 Å². The molecule has 266 valence electrons. The number of amidine groups is 1. The van der Waals surface area contributed by atoms with E-state index >= 15 is 0 Å². The number of fused-ring (bicyclic) bond motifs is 1. The SMILES string of the molecule is C=NC(=NC1=C(Cc2ccccc2)C(c2ccccc2)(c2ccccc2)c2ccccc21)c1ccc(-c2nc(-c3ccccc3)cc(-c3ccccc3)n2)cc1. The number of hydrogen-bond acceptors (Lipinski definition) is 3. The lowest BCUT2D eigenvalue weighted by Gasteiger charge is -2.35. The van der Waals surface area contributed by atoms with Crippen LogP contribution >= 0.6 is 0 Å². The summed E-state index contributed by atoms with van der Waals surface area (Å²) in [5.41, 5.74) is 13.0. The third kappa shape index (κ3) is 6.37. The summed E-state index contributed by atoms with van der Waals surface area (Å²) in [6.45, 7) is 4.04. The van der Waals surface area contributed by atoms with Gasteiger partial charge in [0, 0.05) is 27.8 Å². The molecule has 1 heterocycles. The summed E-state index contributed by atoms with van der Waals surface area (Å²) in [5, 5.41) is 0. The normalized spacial score (nSPS) is 13.3. The lowest BCUT2D eigenvalue weighted by Crippen LogP contribution is -2.31. The molecule has 0 radical (unpaired) electrons. The van der Waals surface area contributed by atoms with Crippen LogP contribution in [0.15, 0.2) is 222 Å². The van der Waals surface area contributed by atoms with Gasteiger partial charge in [0.05, 0.1) is 22.5 Å². The van der Waals surface area contributed by atoms with Gasteiger partial charge in [0.1, 0.15) is 0 Å². The Balaban J connectivity index is 1.20. The number of benzene rings is 7. The number of hydrogen-bond donors (Lipinski definition) is 0. The monoisotopic (exact) mass is 718 g/mol. The van der Waals surface area contributed by atoms with Crippen molar-refractivity contribution in [3.05, 3.63) is 245 Å². The van der Waals surface area contributed by atoms with Crippen LogP contribution in [0.2, 0.25) is 0 Å². The predicted octanol–water partition coefficient (Wildman–Crippen LogP) is 11.9. The molecule has 7 aromatic carbocycles. The second-order valence-electron chi connectivity index (χ2n) is 13.9. The second kappa shape index (κ2) is 15.2. The molecule has 0 amide bonds. The van der Waals surface area contributed by atoms with Gasteiger partial charge in [0.2, 0.25) is 0 Å². The maximum atomic E-state index is 5.48. The van der Waals surface area contributed by atoms with E-state index in [1.165, 1.54) is 27.8 Å². The minimum atomic E-state index is -0.582. The van der Waals surface area contributed by atoms with Gasteiger partial charge in [0.15, 0.2) is 11.7 Å². The molecule has 8 aromatic rings. The number of nitrogens with zero attached hydrogens (tertiary/aromatic N) is 4. The van der Waals surface area contributed by atoms with Gasteiger partial charge in [-0.3, -0.25) is 0 Å². The lowest BCUT2D eigenvalue weighted by atomic mass is 9.66. The topological polar surface area (TPSA) is 50.5 Å². The Morgan fingerprint density at radius 2 is 0.982 bits per heavy atom. The molecular weight excluding hydrogens is 681 g/mol. The fourth-order valence-corrected chi connectivity index (χ4v) is 8.02. The van der Waals surface area contributed by atoms with Gasteiger partial charge >= 0.3 is 0 Å². The highest BCUT2D eigenvalue weighted by atomic mass is 14.9. The molecule has 0 saturated carbocycles. The molecule has 0 atom stereocenters. The summed E-state index contributed by atoms with van der Waals surface area (Å²) in [4.78, 5) is 20.1. The molecule has 1 aliphatic rings. The zero-order chi connectivity index (χ0) is 37.7. The van der Waals surface area contributed by atoms with E-state index in [0.717, 1.165) is 44.9 Å². The Labute approximate surface area is 328 Å². The molecule has 1 aliphatic carbocycles. The van der Waals surface area contributed by atoms with E-state index in [9.17, 15) is 0 Å². The van der Waals surface area contributed by atoms with Crippen LogP contribution in [-0.2, 0) is 11.8 Å². The zero-order valence-corrected chi connectivity index (χ0v) is 30.8. The molecule has 1 aromatic heterocycles. The van der Waals surface area contributed by atoms with Gasteiger partial charge in [-0.2, -0.15) is 0 Å². The highest BCUT2D eigenvalue weighted by molar-refractivity contribution is 6.05. The summed E-state index contributed by atoms with van der Waals surface area (Å²) >= 11 is 0. The van der Waals surface area contributed by atoms with E-state index in [1.807, 2.05) is 48.5 Å². The number of aromatic nitrogens is 2. The summed E-state index contributed by atoms with van der Waals surface area (Å²) in [6, 6.07) is 71.7. The smallest absolute Gasteiger partial charge is 0.160 e. The third-order valence-electron chi connectivity index (χ3n) is 10.6. The fourth-order valence-electron chi connectivity index (χ4n) is 8.02. The molecule has 0 unspecified atom stereocenters. The van der Waals surface area contributed by atoms with Crippen molar-refractivity contribution in [2.75, 3.05) is 0 Å². The first-order valence-electron chi connectivity index (χ1n) is 18.9. The quantitative estimate of drug-likeness (QED) is 0.110. The Hall–Kier alpha value is -7.30. The lowest BCUT2D eigenvalue weighted by molar-refractivity contribution is 0.719. The van der Waals surface area contributed by atoms with Crippen molar-refractivity contribution in [1.82, 2.24) is 9.97 Å². The van der Waals surface area contributed by atoms with Crippen molar-refractivity contribution < 1.29 is 0 Å². The maximum absolute atomic E-state index is 5.48. The summed E-state index contributed by atoms with van der Waals surface area (Å²) in [5.74, 6) is 1.20. The Kier molecular flexibility index (Phi) is 9.36. The van der Waals surface area contributed by atoms with Crippen molar-refractivity contribution in [3.8, 4) is 33.9 Å². The minimum absolute atomic E-state index is 0.549. The largest absolute Gasteiger partial charge is 0.245 e. The summed E-state index contributed by atoms with van der Waals surface area (Å²) in [7, 11) is 0. The van der Waals surface area contributed by atoms with Crippen LogP contribution in [0, 0.1) is 0 Å². The number of allylic oxidation sites excluding steroid dienone is 1. The maximum Gasteiger partial charge on any atom is 0.160 e. The van der Waals surface area contributed by atoms with E-state index in [2.05, 4.69) is 169 Å². The van der Waals surface area contributed by atoms with E-state index in [1.54, 1.807) is 0 Å². The Morgan fingerprint density at radius 3 is 1.52 bits per heavy atom. The average Bonchev–Trinajstić information content (AvgIpc) is 3.55. The van der Waals surface area contributed by atoms with Gasteiger partial charge in [-0.1, -0.05) is 200 Å². The van der Waals surface area contributed by atoms with Gasteiger partial charge in [-0.15, -0.1) is 0 Å². The highest BCUT2D eigenvalue weighted by Crippen LogP contribution is 2.55. The van der Waals surface area contributed by atoms with Gasteiger partial charge in [0.25, 0.3) is 0 Å². The van der Waals surface area contributed by atoms with Gasteiger partial charge in [-0.05, 0) is 47.0 Å². The van der Waals surface area contributed by atoms with Crippen LogP contribution in [0.25, 0.3) is 39.6 Å². The summed E-state index contributed by atoms with van der Waals surface area (Å²) < 4.78 is 0. The van der Waals surface area contributed by atoms with Crippen molar-refractivity contribution >= 4 is 18.3 Å². The van der Waals surface area contributed by atoms with E-state index < -0.39 is 5.41 Å². The molecule has 4 nitrogen and oxygen atoms in total. The van der Waals surface area contributed by atoms with E-state index in [4.69, 9.17) is 15.0 Å². The predicted molar refractivity (Wildman–Crippen MR) is 231 cm³/mol. The van der Waals surface area contributed by atoms with Crippen LogP contribution < -0.4 is 0 Å². The second-order valence-corrected chi connectivity index (χ2v) is 13.9. The van der Waals surface area contributed by atoms with Crippen LogP contribution in [-0.4, -0.2) is 22.5 Å². The van der Waals surface area contributed by atoms with Crippen LogP contribution in [0.4, 0.5) is 0 Å². The molecule has 0 fully saturated rings. The highest BCUT2D eigenvalue weighted by Gasteiger charge is 2.47. The number of rotatable bonds is 9. The van der Waals surface area contributed by atoms with Crippen LogP contribution in [0.1, 0.15) is 33.4 Å². The van der Waals surface area contributed by atoms with E-state index in [0.29, 0.717) is 18.1 Å². The van der Waals surface area contributed by atoms with Crippen molar-refractivity contribution in [1.29, 1.82) is 0 Å². The molecule has 0 N–H and O–H groups in total. The minimum Gasteiger partial charge on any atom is -0.245 e. The first kappa shape index (κ1) is 34.5. The van der Waals surface area contributed by atoms with Gasteiger partial charge < -0.3 is 0 Å². The first-order valence-corrected chi connectivity index (χ1v) is 18.9. The Bertz CT molecular complexity index is 2590. The number of aliphatic imine (C=N–C) groups is 2. The van der Waals surface area contributed by atoms with Crippen molar-refractivity contribution in [3.63, 3.8) is 0 Å². The fraction of sp³-hybridized carbons (Fsp3) is 0.0385. The van der Waals surface area contributed by atoms with E-state index in [-0.39, 0.29) is 0 Å². The third-order valence-corrected chi connectivity index (χ3v) is 10.6. The average molecular weight is 719 g/mol. The first-order chi connectivity index (χ1) is 27.7.